The highest BCUT2D eigenvalue weighted by atomic mass is 79.9. The SMILES string of the molecule is CC1(C)OCC(CNCc2ccc(Br)cc2[N+](=O)[O-])O1. The molecule has 1 fully saturated rings. The van der Waals surface area contributed by atoms with E-state index in [2.05, 4.69) is 21.2 Å². The van der Waals surface area contributed by atoms with Gasteiger partial charge >= 0.3 is 0 Å². The predicted molar refractivity (Wildman–Crippen MR) is 77.4 cm³/mol. The quantitative estimate of drug-likeness (QED) is 0.656. The van der Waals surface area contributed by atoms with E-state index in [-0.39, 0.29) is 16.7 Å². The number of hydrogen-bond donors (Lipinski definition) is 1. The van der Waals surface area contributed by atoms with Crippen LogP contribution in [-0.2, 0) is 16.0 Å². The highest BCUT2D eigenvalue weighted by Gasteiger charge is 2.32. The molecular formula is C13H17BrN2O4. The number of nitrogens with zero attached hydrogens (tertiary/aromatic N) is 1. The number of nitro groups is 1. The molecular weight excluding hydrogens is 328 g/mol. The number of hydrogen-bond acceptors (Lipinski definition) is 5. The highest BCUT2D eigenvalue weighted by Crippen LogP contribution is 2.24. The van der Waals surface area contributed by atoms with Gasteiger partial charge in [-0.15, -0.1) is 0 Å². The van der Waals surface area contributed by atoms with Crippen molar-refractivity contribution in [3.63, 3.8) is 0 Å². The zero-order valence-corrected chi connectivity index (χ0v) is 13.0. The van der Waals surface area contributed by atoms with E-state index in [4.69, 9.17) is 9.47 Å². The molecule has 1 atom stereocenters. The Kier molecular flexibility index (Phi) is 4.74. The molecule has 0 bridgehead atoms. The van der Waals surface area contributed by atoms with Crippen LogP contribution < -0.4 is 5.32 Å². The summed E-state index contributed by atoms with van der Waals surface area (Å²) in [6.07, 6.45) is -0.0282. The average molecular weight is 345 g/mol. The maximum absolute atomic E-state index is 11.0. The molecule has 0 amide bonds. The number of rotatable bonds is 5. The summed E-state index contributed by atoms with van der Waals surface area (Å²) in [6, 6.07) is 5.04. The molecule has 0 spiro atoms. The van der Waals surface area contributed by atoms with Crippen molar-refractivity contribution in [3.05, 3.63) is 38.3 Å². The van der Waals surface area contributed by atoms with E-state index in [0.29, 0.717) is 29.7 Å². The number of halogens is 1. The van der Waals surface area contributed by atoms with Gasteiger partial charge in [-0.25, -0.2) is 0 Å². The third-order valence-corrected chi connectivity index (χ3v) is 3.49. The molecule has 1 saturated heterocycles. The first-order valence-electron chi connectivity index (χ1n) is 6.33. The van der Waals surface area contributed by atoms with Gasteiger partial charge < -0.3 is 14.8 Å². The fraction of sp³-hybridized carbons (Fsp3) is 0.538. The van der Waals surface area contributed by atoms with E-state index in [1.807, 2.05) is 13.8 Å². The molecule has 0 radical (unpaired) electrons. The minimum atomic E-state index is -0.546. The van der Waals surface area contributed by atoms with Crippen LogP contribution in [0.3, 0.4) is 0 Å². The molecule has 110 valence electrons. The molecule has 20 heavy (non-hydrogen) atoms. The van der Waals surface area contributed by atoms with Gasteiger partial charge in [-0.1, -0.05) is 15.9 Å². The summed E-state index contributed by atoms with van der Waals surface area (Å²) < 4.78 is 11.8. The lowest BCUT2D eigenvalue weighted by Crippen LogP contribution is -2.30. The first kappa shape index (κ1) is 15.4. The van der Waals surface area contributed by atoms with Crippen LogP contribution in [0.2, 0.25) is 0 Å². The highest BCUT2D eigenvalue weighted by molar-refractivity contribution is 9.10. The van der Waals surface area contributed by atoms with Crippen molar-refractivity contribution < 1.29 is 14.4 Å². The van der Waals surface area contributed by atoms with Crippen LogP contribution in [0.4, 0.5) is 5.69 Å². The fourth-order valence-electron chi connectivity index (χ4n) is 2.09. The van der Waals surface area contributed by atoms with Crippen molar-refractivity contribution in [3.8, 4) is 0 Å². The molecule has 7 heteroatoms. The van der Waals surface area contributed by atoms with E-state index in [1.54, 1.807) is 12.1 Å². The Morgan fingerprint density at radius 3 is 2.90 bits per heavy atom. The van der Waals surface area contributed by atoms with E-state index >= 15 is 0 Å². The molecule has 1 unspecified atom stereocenters. The van der Waals surface area contributed by atoms with Crippen LogP contribution >= 0.6 is 15.9 Å². The lowest BCUT2D eigenvalue weighted by atomic mass is 10.2. The molecule has 2 rings (SSSR count). The second-order valence-corrected chi connectivity index (χ2v) is 6.03. The first-order chi connectivity index (χ1) is 9.37. The third-order valence-electron chi connectivity index (χ3n) is 3.00. The van der Waals surface area contributed by atoms with Gasteiger partial charge in [-0.2, -0.15) is 0 Å². The summed E-state index contributed by atoms with van der Waals surface area (Å²) in [7, 11) is 0. The van der Waals surface area contributed by atoms with Gasteiger partial charge in [0, 0.05) is 29.2 Å². The minimum Gasteiger partial charge on any atom is -0.348 e. The first-order valence-corrected chi connectivity index (χ1v) is 7.12. The number of ether oxygens (including phenoxy) is 2. The molecule has 1 aromatic carbocycles. The van der Waals surface area contributed by atoms with E-state index in [1.165, 1.54) is 6.07 Å². The van der Waals surface area contributed by atoms with Gasteiger partial charge in [0.1, 0.15) is 0 Å². The van der Waals surface area contributed by atoms with Crippen molar-refractivity contribution in [1.82, 2.24) is 5.32 Å². The molecule has 1 aliphatic rings. The monoisotopic (exact) mass is 344 g/mol. The van der Waals surface area contributed by atoms with E-state index < -0.39 is 5.79 Å². The number of nitro benzene ring substituents is 1. The summed E-state index contributed by atoms with van der Waals surface area (Å²) in [4.78, 5) is 10.6. The van der Waals surface area contributed by atoms with Crippen molar-refractivity contribution in [2.45, 2.75) is 32.3 Å². The Hall–Kier alpha value is -1.02. The Bertz CT molecular complexity index is 507. The lowest BCUT2D eigenvalue weighted by Gasteiger charge is -2.17. The molecule has 1 aromatic rings. The van der Waals surface area contributed by atoms with E-state index in [9.17, 15) is 10.1 Å². The number of benzene rings is 1. The lowest BCUT2D eigenvalue weighted by molar-refractivity contribution is -0.385. The summed E-state index contributed by atoms with van der Waals surface area (Å²) in [6.45, 7) is 5.28. The summed E-state index contributed by atoms with van der Waals surface area (Å²) >= 11 is 3.24. The van der Waals surface area contributed by atoms with Crippen LogP contribution in [0.5, 0.6) is 0 Å². The zero-order chi connectivity index (χ0) is 14.8. The van der Waals surface area contributed by atoms with Crippen LogP contribution in [0.25, 0.3) is 0 Å². The van der Waals surface area contributed by atoms with Gasteiger partial charge in [-0.3, -0.25) is 10.1 Å². The smallest absolute Gasteiger partial charge is 0.275 e. The van der Waals surface area contributed by atoms with Crippen LogP contribution in [0.15, 0.2) is 22.7 Å². The molecule has 1 aliphatic heterocycles. The summed E-state index contributed by atoms with van der Waals surface area (Å²) in [5.41, 5.74) is 0.757. The summed E-state index contributed by atoms with van der Waals surface area (Å²) in [5, 5.41) is 14.2. The Morgan fingerprint density at radius 1 is 1.55 bits per heavy atom. The Morgan fingerprint density at radius 2 is 2.30 bits per heavy atom. The largest absolute Gasteiger partial charge is 0.348 e. The van der Waals surface area contributed by atoms with Crippen molar-refractivity contribution >= 4 is 21.6 Å². The molecule has 1 heterocycles. The topological polar surface area (TPSA) is 73.6 Å². The molecule has 1 N–H and O–H groups in total. The van der Waals surface area contributed by atoms with Crippen LogP contribution in [0.1, 0.15) is 19.4 Å². The van der Waals surface area contributed by atoms with Crippen molar-refractivity contribution in [2.24, 2.45) is 0 Å². The van der Waals surface area contributed by atoms with Crippen molar-refractivity contribution in [2.75, 3.05) is 13.2 Å². The Balaban J connectivity index is 1.90. The minimum absolute atomic E-state index is 0.0282. The normalized spacial score (nSPS) is 21.1. The van der Waals surface area contributed by atoms with Crippen LogP contribution in [0, 0.1) is 10.1 Å². The predicted octanol–water partition coefficient (Wildman–Crippen LogP) is 2.60. The zero-order valence-electron chi connectivity index (χ0n) is 11.4. The standard InChI is InChI=1S/C13H17BrN2O4/c1-13(2)19-8-11(20-13)7-15-6-9-3-4-10(14)5-12(9)16(17)18/h3-5,11,15H,6-8H2,1-2H3. The Labute approximate surface area is 125 Å². The van der Waals surface area contributed by atoms with Crippen LogP contribution in [-0.4, -0.2) is 30.0 Å². The maximum Gasteiger partial charge on any atom is 0.275 e. The third kappa shape index (κ3) is 3.99. The molecule has 6 nitrogen and oxygen atoms in total. The number of nitrogens with one attached hydrogen (secondary N) is 1. The second-order valence-electron chi connectivity index (χ2n) is 5.11. The molecule has 0 aliphatic carbocycles. The van der Waals surface area contributed by atoms with Gasteiger partial charge in [-0.05, 0) is 26.0 Å². The van der Waals surface area contributed by atoms with Gasteiger partial charge in [0.05, 0.1) is 17.6 Å². The van der Waals surface area contributed by atoms with Gasteiger partial charge in [0.15, 0.2) is 5.79 Å². The second kappa shape index (κ2) is 6.17. The fourth-order valence-corrected chi connectivity index (χ4v) is 2.44. The average Bonchev–Trinajstić information content (AvgIpc) is 2.70. The van der Waals surface area contributed by atoms with Gasteiger partial charge in [0.25, 0.3) is 5.69 Å². The van der Waals surface area contributed by atoms with Gasteiger partial charge in [0.2, 0.25) is 0 Å². The van der Waals surface area contributed by atoms with E-state index in [0.717, 1.165) is 0 Å². The molecule has 0 saturated carbocycles. The summed E-state index contributed by atoms with van der Waals surface area (Å²) in [5.74, 6) is -0.546. The maximum atomic E-state index is 11.0. The molecule has 0 aromatic heterocycles. The van der Waals surface area contributed by atoms with Crippen molar-refractivity contribution in [1.29, 1.82) is 0 Å².